The van der Waals surface area contributed by atoms with Crippen molar-refractivity contribution in [1.29, 1.82) is 0 Å². The summed E-state index contributed by atoms with van der Waals surface area (Å²) in [5.74, 6) is 0.761. The third-order valence-electron chi connectivity index (χ3n) is 2.14. The van der Waals surface area contributed by atoms with Gasteiger partial charge in [-0.1, -0.05) is 0 Å². The molecule has 78 valence electrons. The van der Waals surface area contributed by atoms with Crippen LogP contribution in [0.15, 0.2) is 22.8 Å². The van der Waals surface area contributed by atoms with Gasteiger partial charge in [0.2, 0.25) is 0 Å². The molecule has 1 fully saturated rings. The Morgan fingerprint density at radius 2 is 2.43 bits per heavy atom. The molecular formula is C10H14O4. The van der Waals surface area contributed by atoms with Crippen molar-refractivity contribution in [3.63, 3.8) is 0 Å². The van der Waals surface area contributed by atoms with E-state index in [0.29, 0.717) is 13.2 Å². The molecule has 1 unspecified atom stereocenters. The van der Waals surface area contributed by atoms with Crippen LogP contribution in [0.5, 0.6) is 0 Å². The minimum Gasteiger partial charge on any atom is -0.467 e. The molecule has 0 saturated carbocycles. The lowest BCUT2D eigenvalue weighted by Crippen LogP contribution is -2.14. The van der Waals surface area contributed by atoms with Crippen LogP contribution in [0.25, 0.3) is 0 Å². The molecule has 2 heterocycles. The van der Waals surface area contributed by atoms with E-state index in [0.717, 1.165) is 25.2 Å². The SMILES string of the molecule is c1coc(COOCC2CCCO2)c1. The second-order valence-corrected chi connectivity index (χ2v) is 3.26. The molecule has 14 heavy (non-hydrogen) atoms. The molecule has 0 spiro atoms. The second kappa shape index (κ2) is 5.14. The molecule has 1 atom stereocenters. The van der Waals surface area contributed by atoms with E-state index >= 15 is 0 Å². The van der Waals surface area contributed by atoms with Crippen LogP contribution in [0.3, 0.4) is 0 Å². The third-order valence-corrected chi connectivity index (χ3v) is 2.14. The summed E-state index contributed by atoms with van der Waals surface area (Å²) in [4.78, 5) is 9.97. The fraction of sp³-hybridized carbons (Fsp3) is 0.600. The van der Waals surface area contributed by atoms with E-state index < -0.39 is 0 Å². The minimum absolute atomic E-state index is 0.201. The van der Waals surface area contributed by atoms with Crippen molar-refractivity contribution in [2.75, 3.05) is 13.2 Å². The van der Waals surface area contributed by atoms with E-state index in [4.69, 9.17) is 18.9 Å². The van der Waals surface area contributed by atoms with Crippen LogP contribution in [0.1, 0.15) is 18.6 Å². The topological polar surface area (TPSA) is 40.8 Å². The maximum absolute atomic E-state index is 5.36. The molecule has 0 amide bonds. The van der Waals surface area contributed by atoms with E-state index in [2.05, 4.69) is 0 Å². The highest BCUT2D eigenvalue weighted by Gasteiger charge is 2.15. The fourth-order valence-corrected chi connectivity index (χ4v) is 1.39. The highest BCUT2D eigenvalue weighted by Crippen LogP contribution is 2.12. The number of ether oxygens (including phenoxy) is 1. The van der Waals surface area contributed by atoms with E-state index in [9.17, 15) is 0 Å². The van der Waals surface area contributed by atoms with Crippen LogP contribution in [-0.4, -0.2) is 19.3 Å². The summed E-state index contributed by atoms with van der Waals surface area (Å²) in [5.41, 5.74) is 0. The monoisotopic (exact) mass is 198 g/mol. The van der Waals surface area contributed by atoms with Crippen LogP contribution < -0.4 is 0 Å². The lowest BCUT2D eigenvalue weighted by atomic mass is 10.2. The van der Waals surface area contributed by atoms with Crippen molar-refractivity contribution in [2.24, 2.45) is 0 Å². The molecule has 1 aliphatic rings. The Morgan fingerprint density at radius 3 is 3.14 bits per heavy atom. The number of hydrogen-bond acceptors (Lipinski definition) is 4. The summed E-state index contributed by atoms with van der Waals surface area (Å²) in [7, 11) is 0. The van der Waals surface area contributed by atoms with Gasteiger partial charge in [-0.05, 0) is 25.0 Å². The van der Waals surface area contributed by atoms with Gasteiger partial charge in [0.05, 0.1) is 12.4 Å². The van der Waals surface area contributed by atoms with Gasteiger partial charge in [0.15, 0.2) is 0 Å². The van der Waals surface area contributed by atoms with Gasteiger partial charge in [0.1, 0.15) is 19.0 Å². The lowest BCUT2D eigenvalue weighted by Gasteiger charge is -2.08. The van der Waals surface area contributed by atoms with Crippen molar-refractivity contribution in [3.05, 3.63) is 24.2 Å². The van der Waals surface area contributed by atoms with Gasteiger partial charge in [-0.15, -0.1) is 0 Å². The van der Waals surface area contributed by atoms with Crippen molar-refractivity contribution in [3.8, 4) is 0 Å². The Morgan fingerprint density at radius 1 is 1.43 bits per heavy atom. The molecular weight excluding hydrogens is 184 g/mol. The van der Waals surface area contributed by atoms with Crippen molar-refractivity contribution < 1.29 is 18.9 Å². The van der Waals surface area contributed by atoms with Gasteiger partial charge in [0.25, 0.3) is 0 Å². The number of furan rings is 1. The fourth-order valence-electron chi connectivity index (χ4n) is 1.39. The molecule has 0 radical (unpaired) electrons. The zero-order valence-corrected chi connectivity index (χ0v) is 7.98. The van der Waals surface area contributed by atoms with Gasteiger partial charge in [-0.2, -0.15) is 0 Å². The predicted molar refractivity (Wildman–Crippen MR) is 48.4 cm³/mol. The molecule has 0 bridgehead atoms. The second-order valence-electron chi connectivity index (χ2n) is 3.26. The standard InChI is InChI=1S/C10H14O4/c1-3-9(11-5-1)7-13-14-8-10-4-2-6-12-10/h1,3,5,10H,2,4,6-8H2. The zero-order chi connectivity index (χ0) is 9.64. The maximum Gasteiger partial charge on any atom is 0.140 e. The first-order valence-electron chi connectivity index (χ1n) is 4.83. The largest absolute Gasteiger partial charge is 0.467 e. The van der Waals surface area contributed by atoms with Crippen LogP contribution in [0.2, 0.25) is 0 Å². The van der Waals surface area contributed by atoms with Gasteiger partial charge in [0, 0.05) is 6.61 Å². The quantitative estimate of drug-likeness (QED) is 0.411. The molecule has 1 aromatic rings. The third kappa shape index (κ3) is 2.83. The summed E-state index contributed by atoms with van der Waals surface area (Å²) in [5, 5.41) is 0. The Bertz CT molecular complexity index is 239. The molecule has 0 N–H and O–H groups in total. The summed E-state index contributed by atoms with van der Waals surface area (Å²) in [6.45, 7) is 1.69. The molecule has 1 saturated heterocycles. The Hall–Kier alpha value is -0.840. The maximum atomic E-state index is 5.36. The Kier molecular flexibility index (Phi) is 3.57. The zero-order valence-electron chi connectivity index (χ0n) is 7.98. The summed E-state index contributed by atoms with van der Waals surface area (Å²) < 4.78 is 10.4. The van der Waals surface area contributed by atoms with Crippen molar-refractivity contribution in [2.45, 2.75) is 25.6 Å². The number of rotatable bonds is 5. The molecule has 4 heteroatoms. The summed E-state index contributed by atoms with van der Waals surface area (Å²) in [6.07, 6.45) is 3.99. The normalized spacial score (nSPS) is 21.6. The van der Waals surface area contributed by atoms with Crippen LogP contribution in [0.4, 0.5) is 0 Å². The average molecular weight is 198 g/mol. The highest BCUT2D eigenvalue weighted by atomic mass is 17.2. The summed E-state index contributed by atoms with van der Waals surface area (Å²) >= 11 is 0. The first-order chi connectivity index (χ1) is 6.95. The first kappa shape index (κ1) is 9.71. The van der Waals surface area contributed by atoms with Gasteiger partial charge in [-0.3, -0.25) is 0 Å². The predicted octanol–water partition coefficient (Wildman–Crippen LogP) is 1.91. The van der Waals surface area contributed by atoms with E-state index in [1.54, 1.807) is 6.26 Å². The first-order valence-corrected chi connectivity index (χ1v) is 4.83. The van der Waals surface area contributed by atoms with Crippen LogP contribution in [-0.2, 0) is 21.1 Å². The molecule has 4 nitrogen and oxygen atoms in total. The van der Waals surface area contributed by atoms with Crippen molar-refractivity contribution in [1.82, 2.24) is 0 Å². The van der Waals surface area contributed by atoms with Gasteiger partial charge < -0.3 is 9.15 Å². The van der Waals surface area contributed by atoms with Crippen LogP contribution >= 0.6 is 0 Å². The Labute approximate surface area is 82.7 Å². The molecule has 2 rings (SSSR count). The lowest BCUT2D eigenvalue weighted by molar-refractivity contribution is -0.316. The molecule has 1 aliphatic heterocycles. The summed E-state index contributed by atoms with van der Waals surface area (Å²) in [6, 6.07) is 3.66. The van der Waals surface area contributed by atoms with E-state index in [1.165, 1.54) is 0 Å². The molecule has 0 aliphatic carbocycles. The Balaban J connectivity index is 1.55. The van der Waals surface area contributed by atoms with E-state index in [-0.39, 0.29) is 6.10 Å². The van der Waals surface area contributed by atoms with Crippen LogP contribution in [0, 0.1) is 0 Å². The molecule has 0 aromatic carbocycles. The average Bonchev–Trinajstić information content (AvgIpc) is 2.86. The van der Waals surface area contributed by atoms with E-state index in [1.807, 2.05) is 12.1 Å². The number of hydrogen-bond donors (Lipinski definition) is 0. The minimum atomic E-state index is 0.201. The van der Waals surface area contributed by atoms with Gasteiger partial charge in [-0.25, -0.2) is 9.78 Å². The highest BCUT2D eigenvalue weighted by molar-refractivity contribution is 4.95. The smallest absolute Gasteiger partial charge is 0.140 e. The molecule has 1 aromatic heterocycles. The van der Waals surface area contributed by atoms with Gasteiger partial charge >= 0.3 is 0 Å². The van der Waals surface area contributed by atoms with Crippen molar-refractivity contribution >= 4 is 0 Å².